The first kappa shape index (κ1) is 27.5. The highest BCUT2D eigenvalue weighted by atomic mass is 16.6. The van der Waals surface area contributed by atoms with E-state index in [0.29, 0.717) is 60.7 Å². The molecule has 3 aliphatic heterocycles. The van der Waals surface area contributed by atoms with Gasteiger partial charge in [0.15, 0.2) is 11.5 Å². The van der Waals surface area contributed by atoms with E-state index in [1.165, 1.54) is 6.08 Å². The van der Waals surface area contributed by atoms with Crippen molar-refractivity contribution in [2.45, 2.75) is 18.9 Å². The number of anilines is 3. The molecule has 0 saturated carbocycles. The fourth-order valence-corrected chi connectivity index (χ4v) is 6.38. The van der Waals surface area contributed by atoms with Crippen LogP contribution >= 0.6 is 0 Å². The van der Waals surface area contributed by atoms with Gasteiger partial charge in [-0.3, -0.25) is 14.4 Å². The molecule has 2 N–H and O–H groups in total. The van der Waals surface area contributed by atoms with Gasteiger partial charge in [-0.15, -0.1) is 0 Å². The Labute approximate surface area is 254 Å². The number of nitrogens with zero attached hydrogens (tertiary/aromatic N) is 2. The summed E-state index contributed by atoms with van der Waals surface area (Å²) in [6.45, 7) is 3.05. The topological polar surface area (TPSA) is 102 Å². The Bertz CT molecular complexity index is 1820. The molecule has 9 nitrogen and oxygen atoms in total. The lowest BCUT2D eigenvalue weighted by Crippen LogP contribution is -2.47. The van der Waals surface area contributed by atoms with Crippen molar-refractivity contribution in [3.63, 3.8) is 0 Å². The maximum atomic E-state index is 13.4. The summed E-state index contributed by atoms with van der Waals surface area (Å²) in [5.41, 5.74) is 4.37. The Hall–Kier alpha value is -5.31. The molecule has 2 amide bonds. The molecule has 3 aliphatic rings. The number of hydrogen-bond donors (Lipinski definition) is 2. The van der Waals surface area contributed by atoms with E-state index >= 15 is 0 Å². The number of aromatic nitrogens is 1. The van der Waals surface area contributed by atoms with E-state index in [4.69, 9.17) is 9.47 Å². The van der Waals surface area contributed by atoms with Crippen LogP contribution in [0.3, 0.4) is 0 Å². The van der Waals surface area contributed by atoms with E-state index in [2.05, 4.69) is 15.5 Å². The van der Waals surface area contributed by atoms with Gasteiger partial charge in [-0.2, -0.15) is 0 Å². The van der Waals surface area contributed by atoms with E-state index in [9.17, 15) is 14.4 Å². The van der Waals surface area contributed by atoms with Crippen molar-refractivity contribution < 1.29 is 19.1 Å². The molecular formula is C35H32N4O5. The van der Waals surface area contributed by atoms with Crippen molar-refractivity contribution in [1.29, 1.82) is 0 Å². The van der Waals surface area contributed by atoms with E-state index in [-0.39, 0.29) is 23.3 Å². The fraction of sp³-hybridized carbons (Fsp3) is 0.229. The van der Waals surface area contributed by atoms with Crippen LogP contribution in [0.15, 0.2) is 95.8 Å². The fourth-order valence-electron chi connectivity index (χ4n) is 6.38. The molecule has 3 aromatic carbocycles. The summed E-state index contributed by atoms with van der Waals surface area (Å²) in [6, 6.07) is 25.8. The third kappa shape index (κ3) is 5.68. The SMILES string of the molecule is O=C(/C=C/c1ccccc1)Nc1cc(C(=O)Nc2ccc3c(c2)OCCO3)ccc1N1CC2CC(C1)c1cccc(=O)n1C2. The number of pyridine rings is 1. The largest absolute Gasteiger partial charge is 0.486 e. The quantitative estimate of drug-likeness (QED) is 0.302. The van der Waals surface area contributed by atoms with E-state index in [0.717, 1.165) is 29.9 Å². The highest BCUT2D eigenvalue weighted by Gasteiger charge is 2.35. The Morgan fingerprint density at radius 3 is 2.52 bits per heavy atom. The summed E-state index contributed by atoms with van der Waals surface area (Å²) in [4.78, 5) is 41.3. The van der Waals surface area contributed by atoms with Gasteiger partial charge >= 0.3 is 0 Å². The van der Waals surface area contributed by atoms with Gasteiger partial charge in [0.2, 0.25) is 5.91 Å². The van der Waals surface area contributed by atoms with E-state index in [1.807, 2.05) is 53.1 Å². The molecule has 0 spiro atoms. The molecule has 2 atom stereocenters. The number of amides is 2. The highest BCUT2D eigenvalue weighted by molar-refractivity contribution is 6.08. The van der Waals surface area contributed by atoms with Crippen LogP contribution in [0.25, 0.3) is 6.08 Å². The molecule has 1 aromatic heterocycles. The zero-order chi connectivity index (χ0) is 30.0. The highest BCUT2D eigenvalue weighted by Crippen LogP contribution is 2.39. The number of carbonyl (C=O) groups excluding carboxylic acids is 2. The van der Waals surface area contributed by atoms with Crippen LogP contribution in [-0.4, -0.2) is 42.7 Å². The average molecular weight is 589 g/mol. The van der Waals surface area contributed by atoms with Gasteiger partial charge in [-0.05, 0) is 60.4 Å². The Balaban J connectivity index is 1.17. The number of carbonyl (C=O) groups is 2. The molecule has 44 heavy (non-hydrogen) atoms. The summed E-state index contributed by atoms with van der Waals surface area (Å²) >= 11 is 0. The van der Waals surface area contributed by atoms with Gasteiger partial charge < -0.3 is 29.6 Å². The number of rotatable bonds is 6. The number of fused-ring (bicyclic) bond motifs is 5. The second kappa shape index (κ2) is 11.8. The lowest BCUT2D eigenvalue weighted by Gasteiger charge is -2.44. The van der Waals surface area contributed by atoms with Crippen molar-refractivity contribution in [2.75, 3.05) is 41.8 Å². The first-order valence-electron chi connectivity index (χ1n) is 14.8. The molecule has 7 rings (SSSR count). The number of nitrogens with one attached hydrogen (secondary N) is 2. The van der Waals surface area contributed by atoms with Crippen LogP contribution in [0.1, 0.15) is 34.0 Å². The van der Waals surface area contributed by atoms with Gasteiger partial charge in [0, 0.05) is 60.7 Å². The summed E-state index contributed by atoms with van der Waals surface area (Å²) < 4.78 is 13.1. The van der Waals surface area contributed by atoms with E-state index < -0.39 is 0 Å². The predicted molar refractivity (Wildman–Crippen MR) is 170 cm³/mol. The third-order valence-corrected chi connectivity index (χ3v) is 8.36. The van der Waals surface area contributed by atoms with Gasteiger partial charge in [0.05, 0.1) is 11.4 Å². The van der Waals surface area contributed by atoms with Crippen molar-refractivity contribution >= 4 is 35.0 Å². The minimum Gasteiger partial charge on any atom is -0.486 e. The number of hydrogen-bond acceptors (Lipinski definition) is 6. The standard InChI is InChI=1S/C35H32N4O5/c40-33(14-9-23-5-2-1-3-6-23)37-28-18-25(35(42)36-27-11-13-31-32(19-27)44-16-15-43-31)10-12-30(28)38-20-24-17-26(22-38)29-7-4-8-34(41)39(29)21-24/h1-14,18-19,24,26H,15-17,20-22H2,(H,36,42)(H,37,40)/b14-9+. The average Bonchev–Trinajstić information content (AvgIpc) is 3.04. The zero-order valence-electron chi connectivity index (χ0n) is 24.1. The molecule has 4 heterocycles. The second-order valence-corrected chi connectivity index (χ2v) is 11.4. The molecule has 0 radical (unpaired) electrons. The Morgan fingerprint density at radius 2 is 1.66 bits per heavy atom. The summed E-state index contributed by atoms with van der Waals surface area (Å²) in [5.74, 6) is 1.10. The molecule has 1 fully saturated rings. The van der Waals surface area contributed by atoms with Gasteiger partial charge in [0.1, 0.15) is 13.2 Å². The van der Waals surface area contributed by atoms with Gasteiger partial charge in [-0.25, -0.2) is 0 Å². The van der Waals surface area contributed by atoms with Crippen LogP contribution in [0, 0.1) is 5.92 Å². The summed E-state index contributed by atoms with van der Waals surface area (Å²) in [7, 11) is 0. The minimum atomic E-state index is -0.313. The molecule has 1 saturated heterocycles. The van der Waals surface area contributed by atoms with Crippen molar-refractivity contribution in [3.05, 3.63) is 118 Å². The first-order chi connectivity index (χ1) is 21.5. The molecule has 2 bridgehead atoms. The summed E-state index contributed by atoms with van der Waals surface area (Å²) in [5, 5.41) is 5.97. The molecule has 222 valence electrons. The lowest BCUT2D eigenvalue weighted by molar-refractivity contribution is -0.111. The van der Waals surface area contributed by atoms with E-state index in [1.54, 1.807) is 42.5 Å². The third-order valence-electron chi connectivity index (χ3n) is 8.36. The second-order valence-electron chi connectivity index (χ2n) is 11.4. The molecular weight excluding hydrogens is 556 g/mol. The predicted octanol–water partition coefficient (Wildman–Crippen LogP) is 5.15. The number of ether oxygens (including phenoxy) is 2. The van der Waals surface area contributed by atoms with Crippen molar-refractivity contribution in [1.82, 2.24) is 4.57 Å². The minimum absolute atomic E-state index is 0.0391. The van der Waals surface area contributed by atoms with Gasteiger partial charge in [0.25, 0.3) is 11.5 Å². The monoisotopic (exact) mass is 588 g/mol. The smallest absolute Gasteiger partial charge is 0.255 e. The molecule has 9 heteroatoms. The van der Waals surface area contributed by atoms with Crippen LogP contribution < -0.4 is 30.6 Å². The molecule has 2 unspecified atom stereocenters. The summed E-state index contributed by atoms with van der Waals surface area (Å²) in [6.07, 6.45) is 4.26. The number of benzene rings is 3. The maximum Gasteiger partial charge on any atom is 0.255 e. The van der Waals surface area contributed by atoms with Crippen LogP contribution in [0.4, 0.5) is 17.1 Å². The Kier molecular flexibility index (Phi) is 7.35. The van der Waals surface area contributed by atoms with Crippen LogP contribution in [-0.2, 0) is 11.3 Å². The molecule has 4 aromatic rings. The molecule has 0 aliphatic carbocycles. The lowest BCUT2D eigenvalue weighted by atomic mass is 9.83. The van der Waals surface area contributed by atoms with Crippen LogP contribution in [0.2, 0.25) is 0 Å². The maximum absolute atomic E-state index is 13.4. The zero-order valence-corrected chi connectivity index (χ0v) is 24.1. The Morgan fingerprint density at radius 1 is 0.818 bits per heavy atom. The van der Waals surface area contributed by atoms with Crippen molar-refractivity contribution in [2.24, 2.45) is 5.92 Å². The normalized spacial score (nSPS) is 18.4. The van der Waals surface area contributed by atoms with Gasteiger partial charge in [-0.1, -0.05) is 36.4 Å². The van der Waals surface area contributed by atoms with Crippen molar-refractivity contribution in [3.8, 4) is 11.5 Å². The first-order valence-corrected chi connectivity index (χ1v) is 14.8. The number of piperidine rings is 1. The van der Waals surface area contributed by atoms with Crippen LogP contribution in [0.5, 0.6) is 11.5 Å².